The smallest absolute Gasteiger partial charge is 0.319 e. The Labute approximate surface area is 193 Å². The molecule has 0 radical (unpaired) electrons. The number of urea groups is 1. The zero-order chi connectivity index (χ0) is 23.5. The molecule has 9 nitrogen and oxygen atoms in total. The number of amides is 3. The third-order valence-electron chi connectivity index (χ3n) is 5.64. The van der Waals surface area contributed by atoms with Gasteiger partial charge in [0, 0.05) is 55.9 Å². The first-order valence-electron chi connectivity index (χ1n) is 11.2. The number of hydrogen-bond acceptors (Lipinski definition) is 6. The fraction of sp³-hybridized carbons (Fsp3) is 0.417. The van der Waals surface area contributed by atoms with Crippen LogP contribution in [0.1, 0.15) is 35.2 Å². The third kappa shape index (κ3) is 8.19. The molecule has 1 fully saturated rings. The summed E-state index contributed by atoms with van der Waals surface area (Å²) in [5, 5.41) is 8.51. The Balaban J connectivity index is 1.35. The summed E-state index contributed by atoms with van der Waals surface area (Å²) in [6, 6.07) is 10.6. The molecule has 0 unspecified atom stereocenters. The van der Waals surface area contributed by atoms with Crippen molar-refractivity contribution in [2.45, 2.75) is 31.7 Å². The maximum Gasteiger partial charge on any atom is 0.319 e. The van der Waals surface area contributed by atoms with Crippen molar-refractivity contribution < 1.29 is 19.1 Å². The number of rotatable bonds is 9. The van der Waals surface area contributed by atoms with Gasteiger partial charge in [0.15, 0.2) is 0 Å². The highest BCUT2D eigenvalue weighted by Gasteiger charge is 2.20. The van der Waals surface area contributed by atoms with Crippen molar-refractivity contribution in [2.75, 3.05) is 38.6 Å². The molecule has 2 heterocycles. The molecule has 176 valence electrons. The quantitative estimate of drug-likeness (QED) is 0.502. The van der Waals surface area contributed by atoms with Gasteiger partial charge in [-0.25, -0.2) is 4.79 Å². The maximum absolute atomic E-state index is 12.4. The lowest BCUT2D eigenvalue weighted by Gasteiger charge is -2.32. The molecule has 0 saturated carbocycles. The molecule has 1 aromatic heterocycles. The molecule has 3 amide bonds. The van der Waals surface area contributed by atoms with Crippen LogP contribution in [-0.2, 0) is 16.0 Å². The van der Waals surface area contributed by atoms with Gasteiger partial charge in [-0.2, -0.15) is 0 Å². The molecule has 0 aliphatic carbocycles. The van der Waals surface area contributed by atoms with Crippen molar-refractivity contribution in [2.24, 2.45) is 0 Å². The van der Waals surface area contributed by atoms with Gasteiger partial charge in [0.1, 0.15) is 0 Å². The second-order valence-electron chi connectivity index (χ2n) is 7.98. The lowest BCUT2D eigenvalue weighted by molar-refractivity contribution is -0.140. The molecule has 0 bridgehead atoms. The number of pyridine rings is 1. The molecule has 1 aliphatic rings. The molecule has 9 heteroatoms. The predicted octanol–water partition coefficient (Wildman–Crippen LogP) is 2.20. The van der Waals surface area contributed by atoms with Gasteiger partial charge < -0.3 is 25.6 Å². The van der Waals surface area contributed by atoms with Crippen LogP contribution in [0.5, 0.6) is 0 Å². The van der Waals surface area contributed by atoms with Crippen molar-refractivity contribution in [3.63, 3.8) is 0 Å². The van der Waals surface area contributed by atoms with E-state index in [-0.39, 0.29) is 36.9 Å². The fourth-order valence-corrected chi connectivity index (χ4v) is 3.68. The maximum atomic E-state index is 12.4. The number of carbonyl (C=O) groups is 3. The van der Waals surface area contributed by atoms with Crippen LogP contribution in [0.15, 0.2) is 48.8 Å². The number of likely N-dealkylation sites (tertiary alicyclic amines) is 1. The monoisotopic (exact) mass is 453 g/mol. The third-order valence-corrected chi connectivity index (χ3v) is 5.64. The SMILES string of the molecule is COC(=O)CCNC(=O)c1ccc(NC(=O)NC2CCN(CCc3ccncc3)CC2)cc1. The van der Waals surface area contributed by atoms with Crippen molar-refractivity contribution in [3.05, 3.63) is 59.9 Å². The van der Waals surface area contributed by atoms with E-state index in [0.29, 0.717) is 11.3 Å². The van der Waals surface area contributed by atoms with Crippen LogP contribution < -0.4 is 16.0 Å². The Morgan fingerprint density at radius 2 is 1.76 bits per heavy atom. The van der Waals surface area contributed by atoms with E-state index in [1.807, 2.05) is 24.5 Å². The van der Waals surface area contributed by atoms with Gasteiger partial charge in [0.05, 0.1) is 13.5 Å². The lowest BCUT2D eigenvalue weighted by Crippen LogP contribution is -2.46. The minimum atomic E-state index is -0.378. The largest absolute Gasteiger partial charge is 0.469 e. The number of hydrogen-bond donors (Lipinski definition) is 3. The van der Waals surface area contributed by atoms with Crippen LogP contribution in [0.25, 0.3) is 0 Å². The average molecular weight is 454 g/mol. The number of benzene rings is 1. The Morgan fingerprint density at radius 3 is 2.42 bits per heavy atom. The molecular weight excluding hydrogens is 422 g/mol. The van der Waals surface area contributed by atoms with Gasteiger partial charge in [-0.3, -0.25) is 14.6 Å². The van der Waals surface area contributed by atoms with Gasteiger partial charge in [0.25, 0.3) is 5.91 Å². The van der Waals surface area contributed by atoms with Crippen molar-refractivity contribution in [1.29, 1.82) is 0 Å². The Morgan fingerprint density at radius 1 is 1.06 bits per heavy atom. The summed E-state index contributed by atoms with van der Waals surface area (Å²) in [6.45, 7) is 3.12. The van der Waals surface area contributed by atoms with Gasteiger partial charge in [0.2, 0.25) is 0 Å². The van der Waals surface area contributed by atoms with Gasteiger partial charge in [-0.05, 0) is 61.2 Å². The second kappa shape index (κ2) is 12.5. The number of ether oxygens (including phenoxy) is 1. The van der Waals surface area contributed by atoms with E-state index in [1.54, 1.807) is 24.3 Å². The standard InChI is InChI=1S/C24H31N5O4/c1-33-22(30)8-14-26-23(31)19-2-4-20(5-3-19)27-24(32)28-21-10-16-29(17-11-21)15-9-18-6-12-25-13-7-18/h2-7,12-13,21H,8-11,14-17H2,1H3,(H,26,31)(H2,27,28,32). The van der Waals surface area contributed by atoms with E-state index in [9.17, 15) is 14.4 Å². The summed E-state index contributed by atoms with van der Waals surface area (Å²) in [5.74, 6) is -0.665. The molecule has 3 rings (SSSR count). The number of nitrogens with one attached hydrogen (secondary N) is 3. The molecule has 1 aromatic carbocycles. The summed E-state index contributed by atoms with van der Waals surface area (Å²) >= 11 is 0. The molecular formula is C24H31N5O4. The molecule has 2 aromatic rings. The van der Waals surface area contributed by atoms with Crippen LogP contribution in [0.4, 0.5) is 10.5 Å². The average Bonchev–Trinajstić information content (AvgIpc) is 2.84. The Hall–Kier alpha value is -3.46. The molecule has 1 saturated heterocycles. The highest BCUT2D eigenvalue weighted by atomic mass is 16.5. The summed E-state index contributed by atoms with van der Waals surface area (Å²) in [7, 11) is 1.31. The first kappa shape index (κ1) is 24.2. The van der Waals surface area contributed by atoms with Gasteiger partial charge in [-0.15, -0.1) is 0 Å². The summed E-state index contributed by atoms with van der Waals surface area (Å²) in [5.41, 5.74) is 2.34. The van der Waals surface area contributed by atoms with Gasteiger partial charge in [-0.1, -0.05) is 0 Å². The van der Waals surface area contributed by atoms with Crippen LogP contribution in [0.2, 0.25) is 0 Å². The predicted molar refractivity (Wildman–Crippen MR) is 125 cm³/mol. The van der Waals surface area contributed by atoms with E-state index >= 15 is 0 Å². The molecule has 1 aliphatic heterocycles. The minimum Gasteiger partial charge on any atom is -0.469 e. The number of anilines is 1. The second-order valence-corrected chi connectivity index (χ2v) is 7.98. The Kier molecular flexibility index (Phi) is 9.19. The topological polar surface area (TPSA) is 113 Å². The van der Waals surface area contributed by atoms with Crippen molar-refractivity contribution in [1.82, 2.24) is 20.5 Å². The number of methoxy groups -OCH3 is 1. The number of aromatic nitrogens is 1. The number of nitrogens with zero attached hydrogens (tertiary/aromatic N) is 2. The van der Waals surface area contributed by atoms with E-state index in [2.05, 4.69) is 30.6 Å². The molecule has 0 spiro atoms. The first-order chi connectivity index (χ1) is 16.0. The van der Waals surface area contributed by atoms with Crippen LogP contribution >= 0.6 is 0 Å². The zero-order valence-corrected chi connectivity index (χ0v) is 18.9. The fourth-order valence-electron chi connectivity index (χ4n) is 3.68. The summed E-state index contributed by atoms with van der Waals surface area (Å²) in [6.07, 6.45) is 6.58. The zero-order valence-electron chi connectivity index (χ0n) is 18.9. The molecule has 33 heavy (non-hydrogen) atoms. The van der Waals surface area contributed by atoms with E-state index in [1.165, 1.54) is 12.7 Å². The van der Waals surface area contributed by atoms with E-state index in [4.69, 9.17) is 0 Å². The molecule has 0 atom stereocenters. The number of piperidine rings is 1. The van der Waals surface area contributed by atoms with E-state index in [0.717, 1.165) is 38.9 Å². The van der Waals surface area contributed by atoms with Crippen molar-refractivity contribution in [3.8, 4) is 0 Å². The highest BCUT2D eigenvalue weighted by Crippen LogP contribution is 2.13. The van der Waals surface area contributed by atoms with Crippen molar-refractivity contribution >= 4 is 23.6 Å². The summed E-state index contributed by atoms with van der Waals surface area (Å²) in [4.78, 5) is 42.0. The lowest BCUT2D eigenvalue weighted by atomic mass is 10.0. The molecule has 3 N–H and O–H groups in total. The van der Waals surface area contributed by atoms with Crippen LogP contribution in [0.3, 0.4) is 0 Å². The van der Waals surface area contributed by atoms with E-state index < -0.39 is 0 Å². The number of carbonyl (C=O) groups excluding carboxylic acids is 3. The van der Waals surface area contributed by atoms with Crippen LogP contribution in [0, 0.1) is 0 Å². The normalized spacial score (nSPS) is 14.3. The van der Waals surface area contributed by atoms with Crippen LogP contribution in [-0.4, -0.2) is 67.1 Å². The first-order valence-corrected chi connectivity index (χ1v) is 11.2. The minimum absolute atomic E-state index is 0.117. The number of esters is 1. The Bertz CT molecular complexity index is 912. The summed E-state index contributed by atoms with van der Waals surface area (Å²) < 4.78 is 4.54. The van der Waals surface area contributed by atoms with Gasteiger partial charge >= 0.3 is 12.0 Å². The highest BCUT2D eigenvalue weighted by molar-refractivity contribution is 5.95.